The van der Waals surface area contributed by atoms with E-state index in [9.17, 15) is 9.59 Å². The second-order valence-electron chi connectivity index (χ2n) is 8.23. The number of fused-ring (bicyclic) bond motifs is 1. The monoisotopic (exact) mass is 480 g/mol. The Morgan fingerprint density at radius 1 is 1.03 bits per heavy atom. The molecule has 0 aromatic heterocycles. The first kappa shape index (κ1) is 25.3. The number of carbonyl (C=O) groups is 2. The minimum Gasteiger partial charge on any atom is -0.497 e. The predicted octanol–water partition coefficient (Wildman–Crippen LogP) is 4.12. The summed E-state index contributed by atoms with van der Waals surface area (Å²) in [4.78, 5) is 24.8. The topological polar surface area (TPSA) is 90.7 Å². The van der Waals surface area contributed by atoms with Gasteiger partial charge in [-0.3, -0.25) is 9.59 Å². The highest BCUT2D eigenvalue weighted by molar-refractivity contribution is 6.02. The van der Waals surface area contributed by atoms with Gasteiger partial charge in [-0.15, -0.1) is 12.4 Å². The smallest absolute Gasteiger partial charge is 0.252 e. The predicted molar refractivity (Wildman–Crippen MR) is 134 cm³/mol. The summed E-state index contributed by atoms with van der Waals surface area (Å²) in [5.74, 6) is 0.527. The average Bonchev–Trinajstić information content (AvgIpc) is 2.86. The van der Waals surface area contributed by atoms with Crippen LogP contribution >= 0.6 is 12.4 Å². The van der Waals surface area contributed by atoms with E-state index in [1.807, 2.05) is 36.4 Å². The molecule has 1 atom stereocenters. The number of Topliss-reactive ketones (excluding diaryl/α,β-unsaturated/α-hetero) is 1. The fourth-order valence-corrected chi connectivity index (χ4v) is 4.13. The number of halogens is 1. The van der Waals surface area contributed by atoms with Crippen molar-refractivity contribution < 1.29 is 19.1 Å². The van der Waals surface area contributed by atoms with E-state index in [4.69, 9.17) is 15.2 Å². The summed E-state index contributed by atoms with van der Waals surface area (Å²) in [6, 6.07) is 20.9. The van der Waals surface area contributed by atoms with Crippen molar-refractivity contribution in [1.82, 2.24) is 5.32 Å². The van der Waals surface area contributed by atoms with E-state index in [1.165, 1.54) is 17.2 Å². The number of nitrogens with one attached hydrogen (secondary N) is 1. The lowest BCUT2D eigenvalue weighted by Crippen LogP contribution is -2.37. The van der Waals surface area contributed by atoms with Crippen LogP contribution in [0.5, 0.6) is 11.5 Å². The van der Waals surface area contributed by atoms with Crippen LogP contribution in [-0.4, -0.2) is 31.4 Å². The molecule has 178 valence electrons. The van der Waals surface area contributed by atoms with Crippen molar-refractivity contribution >= 4 is 24.1 Å². The second-order valence-corrected chi connectivity index (χ2v) is 8.23. The van der Waals surface area contributed by atoms with Gasteiger partial charge in [0.25, 0.3) is 5.91 Å². The molecule has 34 heavy (non-hydrogen) atoms. The van der Waals surface area contributed by atoms with E-state index in [2.05, 4.69) is 17.4 Å². The maximum atomic E-state index is 12.8. The number of rotatable bonds is 9. The lowest BCUT2D eigenvalue weighted by atomic mass is 9.88. The van der Waals surface area contributed by atoms with Crippen LogP contribution in [0.2, 0.25) is 0 Å². The second kappa shape index (κ2) is 11.7. The number of aryl methyl sites for hydroxylation is 1. The number of hydrogen-bond donors (Lipinski definition) is 2. The molecule has 3 aromatic carbocycles. The quantitative estimate of drug-likeness (QED) is 0.449. The maximum Gasteiger partial charge on any atom is 0.252 e. The molecule has 0 saturated carbocycles. The molecule has 1 amide bonds. The summed E-state index contributed by atoms with van der Waals surface area (Å²) >= 11 is 0. The van der Waals surface area contributed by atoms with Crippen LogP contribution in [0.3, 0.4) is 0 Å². The molecule has 0 saturated heterocycles. The largest absolute Gasteiger partial charge is 0.497 e. The Bertz CT molecular complexity index is 1150. The number of nitrogens with two attached hydrogens (primary N) is 1. The van der Waals surface area contributed by atoms with E-state index < -0.39 is 5.91 Å². The Morgan fingerprint density at radius 2 is 1.82 bits per heavy atom. The first-order valence-corrected chi connectivity index (χ1v) is 11.1. The molecule has 1 unspecified atom stereocenters. The summed E-state index contributed by atoms with van der Waals surface area (Å²) in [5.41, 5.74) is 9.75. The van der Waals surface area contributed by atoms with Gasteiger partial charge in [0.15, 0.2) is 5.78 Å². The van der Waals surface area contributed by atoms with Gasteiger partial charge in [-0.1, -0.05) is 36.4 Å². The lowest BCUT2D eigenvalue weighted by molar-refractivity contribution is 0.0986. The lowest BCUT2D eigenvalue weighted by Gasteiger charge is -2.25. The SMILES string of the molecule is COc1ccc2c(c1)CCC(NCC(=O)c1ccc(OCc3ccccc3)c(C(N)=O)c1)C2.Cl. The number of benzene rings is 3. The Labute approximate surface area is 205 Å². The third kappa shape index (κ3) is 6.16. The molecule has 7 heteroatoms. The molecule has 0 bridgehead atoms. The Kier molecular flexibility index (Phi) is 8.68. The Hall–Kier alpha value is -3.35. The normalized spacial score (nSPS) is 14.4. The number of amides is 1. The fraction of sp³-hybridized carbons (Fsp3) is 0.259. The molecule has 4 rings (SSSR count). The molecule has 6 nitrogen and oxygen atoms in total. The van der Waals surface area contributed by atoms with Gasteiger partial charge in [0.1, 0.15) is 18.1 Å². The van der Waals surface area contributed by atoms with Crippen molar-refractivity contribution in [3.63, 3.8) is 0 Å². The number of ketones is 1. The number of methoxy groups -OCH3 is 1. The minimum atomic E-state index is -0.625. The van der Waals surface area contributed by atoms with Crippen LogP contribution in [0, 0.1) is 0 Å². The third-order valence-electron chi connectivity index (χ3n) is 6.00. The number of primary amides is 1. The highest BCUT2D eigenvalue weighted by Gasteiger charge is 2.20. The van der Waals surface area contributed by atoms with Crippen molar-refractivity contribution in [3.05, 3.63) is 94.5 Å². The standard InChI is InChI=1S/C27H28N2O4.ClH/c1-32-23-11-8-19-13-22(10-7-20(19)14-23)29-16-25(30)21-9-12-26(24(15-21)27(28)31)33-17-18-5-3-2-4-6-18;/h2-6,8-9,11-12,14-15,22,29H,7,10,13,16-17H2,1H3,(H2,28,31);1H. The van der Waals surface area contributed by atoms with E-state index in [1.54, 1.807) is 19.2 Å². The molecule has 1 aliphatic rings. The zero-order valence-corrected chi connectivity index (χ0v) is 19.9. The number of ether oxygens (including phenoxy) is 2. The van der Waals surface area contributed by atoms with Crippen molar-refractivity contribution in [3.8, 4) is 11.5 Å². The molecule has 1 aliphatic carbocycles. The minimum absolute atomic E-state index is 0. The first-order chi connectivity index (χ1) is 16.0. The average molecular weight is 481 g/mol. The summed E-state index contributed by atoms with van der Waals surface area (Å²) < 4.78 is 11.1. The van der Waals surface area contributed by atoms with Gasteiger partial charge >= 0.3 is 0 Å². The Morgan fingerprint density at radius 3 is 2.56 bits per heavy atom. The molecule has 3 aromatic rings. The highest BCUT2D eigenvalue weighted by atomic mass is 35.5. The number of hydrogen-bond acceptors (Lipinski definition) is 5. The number of carbonyl (C=O) groups excluding carboxylic acids is 2. The van der Waals surface area contributed by atoms with Crippen LogP contribution in [-0.2, 0) is 19.4 Å². The van der Waals surface area contributed by atoms with Gasteiger partial charge in [-0.05, 0) is 66.3 Å². The molecule has 0 aliphatic heterocycles. The molecule has 3 N–H and O–H groups in total. The highest BCUT2D eigenvalue weighted by Crippen LogP contribution is 2.26. The summed E-state index contributed by atoms with van der Waals surface area (Å²) in [6.07, 6.45) is 2.76. The van der Waals surface area contributed by atoms with Crippen molar-refractivity contribution in [1.29, 1.82) is 0 Å². The summed E-state index contributed by atoms with van der Waals surface area (Å²) in [7, 11) is 1.67. The van der Waals surface area contributed by atoms with Gasteiger partial charge in [-0.2, -0.15) is 0 Å². The Balaban J connectivity index is 0.00000324. The molecular weight excluding hydrogens is 452 g/mol. The van der Waals surface area contributed by atoms with Crippen molar-refractivity contribution in [2.45, 2.75) is 31.9 Å². The zero-order chi connectivity index (χ0) is 23.2. The molecular formula is C27H29ClN2O4. The summed E-state index contributed by atoms with van der Waals surface area (Å²) in [6.45, 7) is 0.504. The molecule has 0 fully saturated rings. The fourth-order valence-electron chi connectivity index (χ4n) is 4.13. The first-order valence-electron chi connectivity index (χ1n) is 11.1. The van der Waals surface area contributed by atoms with E-state index in [0.29, 0.717) is 17.9 Å². The zero-order valence-electron chi connectivity index (χ0n) is 19.1. The van der Waals surface area contributed by atoms with Crippen molar-refractivity contribution in [2.75, 3.05) is 13.7 Å². The van der Waals surface area contributed by atoms with Crippen LogP contribution in [0.1, 0.15) is 43.8 Å². The van der Waals surface area contributed by atoms with Gasteiger partial charge in [-0.25, -0.2) is 0 Å². The van der Waals surface area contributed by atoms with Crippen LogP contribution in [0.4, 0.5) is 0 Å². The third-order valence-corrected chi connectivity index (χ3v) is 6.00. The van der Waals surface area contributed by atoms with Crippen molar-refractivity contribution in [2.24, 2.45) is 5.73 Å². The van der Waals surface area contributed by atoms with E-state index >= 15 is 0 Å². The maximum absolute atomic E-state index is 12.8. The van der Waals surface area contributed by atoms with Gasteiger partial charge in [0, 0.05) is 11.6 Å². The molecule has 0 spiro atoms. The van der Waals surface area contributed by atoms with Crippen LogP contribution in [0.25, 0.3) is 0 Å². The van der Waals surface area contributed by atoms with Gasteiger partial charge in [0.2, 0.25) is 0 Å². The van der Waals surface area contributed by atoms with E-state index in [-0.39, 0.29) is 36.3 Å². The van der Waals surface area contributed by atoms with Gasteiger partial charge in [0.05, 0.1) is 19.2 Å². The van der Waals surface area contributed by atoms with E-state index in [0.717, 1.165) is 30.6 Å². The molecule has 0 heterocycles. The summed E-state index contributed by atoms with van der Waals surface area (Å²) in [5, 5.41) is 3.37. The van der Waals surface area contributed by atoms with Gasteiger partial charge < -0.3 is 20.5 Å². The van der Waals surface area contributed by atoms with Crippen LogP contribution < -0.4 is 20.5 Å². The van der Waals surface area contributed by atoms with Crippen LogP contribution in [0.15, 0.2) is 66.7 Å². The molecule has 0 radical (unpaired) electrons.